The Hall–Kier alpha value is -1.30. The molecule has 0 aromatic heterocycles. The number of likely N-dealkylation sites (tertiary alicyclic amines) is 1. The van der Waals surface area contributed by atoms with Crippen LogP contribution in [0.2, 0.25) is 0 Å². The zero-order chi connectivity index (χ0) is 15.0. The summed E-state index contributed by atoms with van der Waals surface area (Å²) in [5, 5.41) is 3.63. The van der Waals surface area contributed by atoms with Gasteiger partial charge in [0.05, 0.1) is 18.8 Å². The third kappa shape index (κ3) is 2.57. The van der Waals surface area contributed by atoms with Crippen LogP contribution in [0.1, 0.15) is 18.9 Å². The lowest BCUT2D eigenvalue weighted by molar-refractivity contribution is -0.191. The summed E-state index contributed by atoms with van der Waals surface area (Å²) < 4.78 is 16.2. The third-order valence-electron chi connectivity index (χ3n) is 5.11. The molecule has 1 spiro atoms. The number of nitrogens with zero attached hydrogens (tertiary/aromatic N) is 1. The summed E-state index contributed by atoms with van der Waals surface area (Å²) >= 11 is 0. The first-order valence-electron chi connectivity index (χ1n) is 8.20. The second-order valence-corrected chi connectivity index (χ2v) is 6.70. The summed E-state index contributed by atoms with van der Waals surface area (Å²) in [6, 6.07) is 6.68. The lowest BCUT2D eigenvalue weighted by atomic mass is 9.83. The first-order valence-corrected chi connectivity index (χ1v) is 8.20. The van der Waals surface area contributed by atoms with Gasteiger partial charge in [0, 0.05) is 25.7 Å². The van der Waals surface area contributed by atoms with Crippen molar-refractivity contribution in [2.24, 2.45) is 0 Å². The first-order chi connectivity index (χ1) is 10.8. The van der Waals surface area contributed by atoms with E-state index in [-0.39, 0.29) is 0 Å². The molecular formula is C17H24N2O3. The van der Waals surface area contributed by atoms with E-state index in [1.165, 1.54) is 18.5 Å². The molecule has 2 fully saturated rings. The van der Waals surface area contributed by atoms with Crippen molar-refractivity contribution in [2.75, 3.05) is 39.6 Å². The fourth-order valence-electron chi connectivity index (χ4n) is 3.54. The number of ether oxygens (including phenoxy) is 3. The molecule has 0 saturated carbocycles. The van der Waals surface area contributed by atoms with Gasteiger partial charge in [-0.15, -0.1) is 0 Å². The summed E-state index contributed by atoms with van der Waals surface area (Å²) in [6.07, 6.45) is 2.31. The number of benzene rings is 1. The molecule has 120 valence electrons. The van der Waals surface area contributed by atoms with E-state index in [9.17, 15) is 0 Å². The maximum atomic E-state index is 5.44. The van der Waals surface area contributed by atoms with Crippen LogP contribution in [0.25, 0.3) is 0 Å². The molecule has 1 N–H and O–H groups in total. The minimum absolute atomic E-state index is 0.341. The Morgan fingerprint density at radius 2 is 2.14 bits per heavy atom. The lowest BCUT2D eigenvalue weighted by Gasteiger charge is -2.57. The van der Waals surface area contributed by atoms with Crippen molar-refractivity contribution in [3.8, 4) is 11.5 Å². The molecule has 5 heteroatoms. The number of fused-ring (bicyclic) bond motifs is 1. The summed E-state index contributed by atoms with van der Waals surface area (Å²) in [7, 11) is 0. The summed E-state index contributed by atoms with van der Waals surface area (Å²) in [5.74, 6) is 1.73. The van der Waals surface area contributed by atoms with Crippen LogP contribution in [0.3, 0.4) is 0 Å². The van der Waals surface area contributed by atoms with Gasteiger partial charge >= 0.3 is 0 Å². The van der Waals surface area contributed by atoms with E-state index in [1.54, 1.807) is 0 Å². The molecule has 0 aliphatic carbocycles. The van der Waals surface area contributed by atoms with Crippen LogP contribution in [0.5, 0.6) is 11.5 Å². The van der Waals surface area contributed by atoms with Crippen molar-refractivity contribution >= 4 is 0 Å². The van der Waals surface area contributed by atoms with E-state index in [2.05, 4.69) is 29.3 Å². The van der Waals surface area contributed by atoms with E-state index in [0.29, 0.717) is 18.4 Å². The van der Waals surface area contributed by atoms with Crippen LogP contribution in [0.4, 0.5) is 0 Å². The van der Waals surface area contributed by atoms with Gasteiger partial charge in [-0.2, -0.15) is 0 Å². The van der Waals surface area contributed by atoms with E-state index >= 15 is 0 Å². The van der Waals surface area contributed by atoms with Gasteiger partial charge in [-0.25, -0.2) is 0 Å². The molecule has 3 heterocycles. The predicted octanol–water partition coefficient (Wildman–Crippen LogP) is 1.41. The lowest BCUT2D eigenvalue weighted by Crippen LogP contribution is -2.71. The Morgan fingerprint density at radius 3 is 2.86 bits per heavy atom. The van der Waals surface area contributed by atoms with Gasteiger partial charge in [0.25, 0.3) is 0 Å². The minimum Gasteiger partial charge on any atom is -0.454 e. The smallest absolute Gasteiger partial charge is 0.231 e. The number of hydrogen-bond donors (Lipinski definition) is 1. The third-order valence-corrected chi connectivity index (χ3v) is 5.11. The largest absolute Gasteiger partial charge is 0.454 e. The SMILES string of the molecule is CC(Cc1ccc2c(c1)OCO2)NCCN1CCC12COC2. The molecule has 22 heavy (non-hydrogen) atoms. The molecule has 0 radical (unpaired) electrons. The van der Waals surface area contributed by atoms with Crippen LogP contribution in [-0.2, 0) is 11.2 Å². The summed E-state index contributed by atoms with van der Waals surface area (Å²) in [4.78, 5) is 2.57. The van der Waals surface area contributed by atoms with E-state index in [1.807, 2.05) is 6.07 Å². The summed E-state index contributed by atoms with van der Waals surface area (Å²) in [5.41, 5.74) is 1.69. The van der Waals surface area contributed by atoms with Crippen molar-refractivity contribution < 1.29 is 14.2 Å². The van der Waals surface area contributed by atoms with Crippen LogP contribution in [0.15, 0.2) is 18.2 Å². The fraction of sp³-hybridized carbons (Fsp3) is 0.647. The zero-order valence-electron chi connectivity index (χ0n) is 13.1. The van der Waals surface area contributed by atoms with E-state index in [4.69, 9.17) is 14.2 Å². The fourth-order valence-corrected chi connectivity index (χ4v) is 3.54. The van der Waals surface area contributed by atoms with Crippen LogP contribution in [-0.4, -0.2) is 56.1 Å². The molecular weight excluding hydrogens is 280 g/mol. The average molecular weight is 304 g/mol. The van der Waals surface area contributed by atoms with Crippen LogP contribution >= 0.6 is 0 Å². The van der Waals surface area contributed by atoms with Crippen LogP contribution in [0, 0.1) is 0 Å². The Morgan fingerprint density at radius 1 is 1.27 bits per heavy atom. The van der Waals surface area contributed by atoms with Crippen molar-refractivity contribution in [3.63, 3.8) is 0 Å². The van der Waals surface area contributed by atoms with Gasteiger partial charge in [0.1, 0.15) is 0 Å². The molecule has 3 aliphatic heterocycles. The van der Waals surface area contributed by atoms with Gasteiger partial charge < -0.3 is 19.5 Å². The standard InChI is InChI=1S/C17H24N2O3/c1-13(8-14-2-3-15-16(9-14)22-12-21-15)18-5-7-19-6-4-17(19)10-20-11-17/h2-3,9,13,18H,4-8,10-12H2,1H3. The molecule has 1 unspecified atom stereocenters. The predicted molar refractivity (Wildman–Crippen MR) is 83.5 cm³/mol. The van der Waals surface area contributed by atoms with Crippen molar-refractivity contribution in [1.29, 1.82) is 0 Å². The Bertz CT molecular complexity index is 539. The highest BCUT2D eigenvalue weighted by atomic mass is 16.7. The van der Waals surface area contributed by atoms with Gasteiger partial charge in [-0.3, -0.25) is 4.90 Å². The van der Waals surface area contributed by atoms with Gasteiger partial charge in [-0.1, -0.05) is 6.07 Å². The maximum Gasteiger partial charge on any atom is 0.231 e. The molecule has 3 aliphatic rings. The second kappa shape index (κ2) is 5.72. The zero-order valence-corrected chi connectivity index (χ0v) is 13.1. The highest BCUT2D eigenvalue weighted by Crippen LogP contribution is 2.36. The molecule has 1 aromatic rings. The molecule has 0 bridgehead atoms. The normalized spacial score (nSPS) is 23.1. The van der Waals surface area contributed by atoms with Crippen molar-refractivity contribution in [3.05, 3.63) is 23.8 Å². The number of nitrogens with one attached hydrogen (secondary N) is 1. The quantitative estimate of drug-likeness (QED) is 0.861. The van der Waals surface area contributed by atoms with E-state index in [0.717, 1.165) is 44.2 Å². The monoisotopic (exact) mass is 304 g/mol. The van der Waals surface area contributed by atoms with Crippen molar-refractivity contribution in [2.45, 2.75) is 31.3 Å². The Kier molecular flexibility index (Phi) is 3.72. The highest BCUT2D eigenvalue weighted by molar-refractivity contribution is 5.44. The molecule has 5 nitrogen and oxygen atoms in total. The minimum atomic E-state index is 0.341. The van der Waals surface area contributed by atoms with Gasteiger partial charge in [-0.05, 0) is 37.5 Å². The Balaban J connectivity index is 1.22. The van der Waals surface area contributed by atoms with Crippen LogP contribution < -0.4 is 14.8 Å². The van der Waals surface area contributed by atoms with Crippen molar-refractivity contribution in [1.82, 2.24) is 10.2 Å². The second-order valence-electron chi connectivity index (χ2n) is 6.70. The first kappa shape index (κ1) is 14.3. The average Bonchev–Trinajstić information content (AvgIpc) is 2.88. The highest BCUT2D eigenvalue weighted by Gasteiger charge is 2.50. The van der Waals surface area contributed by atoms with Gasteiger partial charge in [0.15, 0.2) is 11.5 Å². The Labute approximate surface area is 131 Å². The molecule has 1 atom stereocenters. The topological polar surface area (TPSA) is 43.0 Å². The number of hydrogen-bond acceptors (Lipinski definition) is 5. The molecule has 2 saturated heterocycles. The summed E-state index contributed by atoms with van der Waals surface area (Å²) in [6.45, 7) is 7.82. The maximum absolute atomic E-state index is 5.44. The molecule has 4 rings (SSSR count). The van der Waals surface area contributed by atoms with Gasteiger partial charge in [0.2, 0.25) is 6.79 Å². The molecule has 0 amide bonds. The molecule has 1 aromatic carbocycles. The number of rotatable bonds is 6. The van der Waals surface area contributed by atoms with E-state index < -0.39 is 0 Å².